The molecule has 0 heterocycles. The van der Waals surface area contributed by atoms with Crippen LogP contribution in [0.5, 0.6) is 0 Å². The van der Waals surface area contributed by atoms with Gasteiger partial charge >= 0.3 is 17.9 Å². The van der Waals surface area contributed by atoms with Gasteiger partial charge in [-0.2, -0.15) is 0 Å². The summed E-state index contributed by atoms with van der Waals surface area (Å²) in [7, 11) is 0. The SMILES string of the molecule is C[C@H](NC(=O)[C@H](C)NC(=O)[C@H](CC(=O)O)NC(=O)[C@@H](N)CC(=O)O)C(=O)N[C@@H](Cc1ccccc1)C(=O)N[C@@H](CCO)C(=O)O. The van der Waals surface area contributed by atoms with Crippen LogP contribution in [0.4, 0.5) is 0 Å². The normalized spacial score (nSPS) is 14.7. The minimum atomic E-state index is -1.72. The molecular weight excluding hydrogens is 600 g/mol. The molecule has 0 saturated heterocycles. The molecule has 248 valence electrons. The predicted octanol–water partition coefficient (Wildman–Crippen LogP) is -3.56. The average Bonchev–Trinajstić information content (AvgIpc) is 2.95. The predicted molar refractivity (Wildman–Crippen MR) is 153 cm³/mol. The molecule has 0 radical (unpaired) electrons. The Morgan fingerprint density at radius 3 is 1.62 bits per heavy atom. The molecule has 18 heteroatoms. The number of nitrogens with one attached hydrogen (secondary N) is 5. The summed E-state index contributed by atoms with van der Waals surface area (Å²) in [6.45, 7) is 1.95. The molecule has 0 aromatic heterocycles. The number of carbonyl (C=O) groups excluding carboxylic acids is 5. The number of hydrogen-bond acceptors (Lipinski definition) is 10. The van der Waals surface area contributed by atoms with Crippen molar-refractivity contribution >= 4 is 47.4 Å². The van der Waals surface area contributed by atoms with Crippen LogP contribution in [-0.2, 0) is 44.8 Å². The molecule has 1 aromatic rings. The van der Waals surface area contributed by atoms with E-state index in [0.29, 0.717) is 5.56 Å². The highest BCUT2D eigenvalue weighted by molar-refractivity contribution is 5.97. The zero-order chi connectivity index (χ0) is 34.3. The molecule has 0 bridgehead atoms. The van der Waals surface area contributed by atoms with E-state index >= 15 is 0 Å². The standard InChI is InChI=1S/C27H38N6O12/c1-13(30-25(42)19(12-21(37)38)33-24(41)16(28)11-20(35)36)22(39)29-14(2)23(40)32-18(10-15-6-4-3-5-7-15)26(43)31-17(8-9-34)27(44)45/h3-7,13-14,16-19,34H,8-12,28H2,1-2H3,(H,29,39)(H,30,42)(H,31,43)(H,32,40)(H,33,41)(H,35,36)(H,37,38)(H,44,45)/t13-,14-,16-,17-,18-,19-/m0/s1. The van der Waals surface area contributed by atoms with Crippen molar-refractivity contribution in [2.24, 2.45) is 5.73 Å². The first-order valence-electron chi connectivity index (χ1n) is 13.6. The maximum absolute atomic E-state index is 12.9. The van der Waals surface area contributed by atoms with Gasteiger partial charge in [0, 0.05) is 19.4 Å². The third-order valence-electron chi connectivity index (χ3n) is 6.20. The van der Waals surface area contributed by atoms with E-state index in [1.165, 1.54) is 13.8 Å². The minimum absolute atomic E-state index is 0.0518. The lowest BCUT2D eigenvalue weighted by Crippen LogP contribution is -2.58. The van der Waals surface area contributed by atoms with Crippen LogP contribution in [0.1, 0.15) is 38.7 Å². The number of nitrogens with two attached hydrogens (primary N) is 1. The first-order chi connectivity index (χ1) is 21.0. The molecule has 11 N–H and O–H groups in total. The van der Waals surface area contributed by atoms with Crippen LogP contribution in [0.2, 0.25) is 0 Å². The van der Waals surface area contributed by atoms with Crippen molar-refractivity contribution in [2.75, 3.05) is 6.61 Å². The Morgan fingerprint density at radius 2 is 1.11 bits per heavy atom. The second-order valence-corrected chi connectivity index (χ2v) is 9.99. The summed E-state index contributed by atoms with van der Waals surface area (Å²) >= 11 is 0. The van der Waals surface area contributed by atoms with Gasteiger partial charge in [-0.3, -0.25) is 33.6 Å². The molecule has 0 aliphatic carbocycles. The Kier molecular flexibility index (Phi) is 15.6. The van der Waals surface area contributed by atoms with E-state index in [4.69, 9.17) is 21.1 Å². The van der Waals surface area contributed by atoms with Gasteiger partial charge in [0.15, 0.2) is 0 Å². The third-order valence-corrected chi connectivity index (χ3v) is 6.20. The van der Waals surface area contributed by atoms with Gasteiger partial charge < -0.3 is 52.7 Å². The Hall–Kier alpha value is -5.10. The van der Waals surface area contributed by atoms with Crippen molar-refractivity contribution in [2.45, 2.75) is 75.8 Å². The molecule has 1 aromatic carbocycles. The van der Waals surface area contributed by atoms with E-state index in [-0.39, 0.29) is 12.8 Å². The number of hydrogen-bond donors (Lipinski definition) is 10. The van der Waals surface area contributed by atoms with Crippen LogP contribution in [0.25, 0.3) is 0 Å². The summed E-state index contributed by atoms with van der Waals surface area (Å²) < 4.78 is 0. The highest BCUT2D eigenvalue weighted by Gasteiger charge is 2.31. The number of rotatable bonds is 19. The summed E-state index contributed by atoms with van der Waals surface area (Å²) in [4.78, 5) is 96.8. The quantitative estimate of drug-likeness (QED) is 0.0702. The molecule has 45 heavy (non-hydrogen) atoms. The van der Waals surface area contributed by atoms with E-state index in [1.807, 2.05) is 5.32 Å². The maximum atomic E-state index is 12.9. The lowest BCUT2D eigenvalue weighted by Gasteiger charge is -2.24. The van der Waals surface area contributed by atoms with Crippen molar-refractivity contribution in [3.05, 3.63) is 35.9 Å². The summed E-state index contributed by atoms with van der Waals surface area (Å²) in [5.74, 6) is -9.13. The van der Waals surface area contributed by atoms with Gasteiger partial charge in [0.1, 0.15) is 30.2 Å². The number of benzene rings is 1. The minimum Gasteiger partial charge on any atom is -0.481 e. The van der Waals surface area contributed by atoms with Crippen molar-refractivity contribution < 1.29 is 58.8 Å². The van der Waals surface area contributed by atoms with E-state index in [0.717, 1.165) is 0 Å². The number of aliphatic carboxylic acids is 3. The molecule has 1 rings (SSSR count). The first-order valence-corrected chi connectivity index (χ1v) is 13.6. The molecule has 5 amide bonds. The van der Waals surface area contributed by atoms with E-state index in [9.17, 15) is 43.5 Å². The van der Waals surface area contributed by atoms with Crippen molar-refractivity contribution in [1.29, 1.82) is 0 Å². The highest BCUT2D eigenvalue weighted by atomic mass is 16.4. The molecule has 0 aliphatic heterocycles. The lowest BCUT2D eigenvalue weighted by molar-refractivity contribution is -0.143. The Balaban J connectivity index is 2.93. The molecule has 0 spiro atoms. The fourth-order valence-electron chi connectivity index (χ4n) is 3.74. The summed E-state index contributed by atoms with van der Waals surface area (Å²) in [5, 5.41) is 47.6. The maximum Gasteiger partial charge on any atom is 0.326 e. The molecule has 6 atom stereocenters. The van der Waals surface area contributed by atoms with Crippen LogP contribution in [0.3, 0.4) is 0 Å². The summed E-state index contributed by atoms with van der Waals surface area (Å²) in [6, 6.07) is -0.233. The fraction of sp³-hybridized carbons (Fsp3) is 0.481. The Morgan fingerprint density at radius 1 is 0.644 bits per heavy atom. The largest absolute Gasteiger partial charge is 0.481 e. The van der Waals surface area contributed by atoms with Gasteiger partial charge in [-0.1, -0.05) is 30.3 Å². The van der Waals surface area contributed by atoms with Gasteiger partial charge in [0.25, 0.3) is 0 Å². The van der Waals surface area contributed by atoms with Gasteiger partial charge in [0.05, 0.1) is 18.9 Å². The summed E-state index contributed by atoms with van der Waals surface area (Å²) in [5.41, 5.74) is 6.06. The molecule has 0 saturated carbocycles. The number of aliphatic hydroxyl groups is 1. The fourth-order valence-corrected chi connectivity index (χ4v) is 3.74. The zero-order valence-electron chi connectivity index (χ0n) is 24.5. The van der Waals surface area contributed by atoms with Gasteiger partial charge in [0.2, 0.25) is 29.5 Å². The number of carboxylic acids is 3. The van der Waals surface area contributed by atoms with Crippen LogP contribution < -0.4 is 32.3 Å². The highest BCUT2D eigenvalue weighted by Crippen LogP contribution is 2.06. The molecular formula is C27H38N6O12. The number of amides is 5. The third kappa shape index (κ3) is 13.8. The van der Waals surface area contributed by atoms with Crippen LogP contribution in [0.15, 0.2) is 30.3 Å². The molecule has 0 unspecified atom stereocenters. The van der Waals surface area contributed by atoms with E-state index in [1.54, 1.807) is 30.3 Å². The topological polar surface area (TPSA) is 304 Å². The zero-order valence-corrected chi connectivity index (χ0v) is 24.5. The summed E-state index contributed by atoms with van der Waals surface area (Å²) in [6.07, 6.45) is -2.04. The molecule has 18 nitrogen and oxygen atoms in total. The van der Waals surface area contributed by atoms with Crippen LogP contribution in [-0.4, -0.2) is 111 Å². The molecule has 0 fully saturated rings. The van der Waals surface area contributed by atoms with E-state index < -0.39 is 103 Å². The average molecular weight is 639 g/mol. The van der Waals surface area contributed by atoms with Crippen molar-refractivity contribution in [3.8, 4) is 0 Å². The second kappa shape index (κ2) is 18.5. The second-order valence-electron chi connectivity index (χ2n) is 9.99. The lowest BCUT2D eigenvalue weighted by atomic mass is 10.0. The van der Waals surface area contributed by atoms with Crippen molar-refractivity contribution in [1.82, 2.24) is 26.6 Å². The number of carboxylic acid groups (broad SMARTS) is 3. The van der Waals surface area contributed by atoms with E-state index in [2.05, 4.69) is 21.3 Å². The Bertz CT molecular complexity index is 1240. The number of aliphatic hydroxyl groups excluding tert-OH is 1. The Labute approximate surface area is 257 Å². The first kappa shape index (κ1) is 37.9. The monoisotopic (exact) mass is 638 g/mol. The molecule has 0 aliphatic rings. The smallest absolute Gasteiger partial charge is 0.326 e. The van der Waals surface area contributed by atoms with Gasteiger partial charge in [-0.05, 0) is 19.4 Å². The number of carbonyl (C=O) groups is 8. The van der Waals surface area contributed by atoms with Crippen LogP contribution in [0, 0.1) is 0 Å². The van der Waals surface area contributed by atoms with Crippen LogP contribution >= 0.6 is 0 Å². The van der Waals surface area contributed by atoms with Crippen molar-refractivity contribution in [3.63, 3.8) is 0 Å². The van der Waals surface area contributed by atoms with Gasteiger partial charge in [-0.15, -0.1) is 0 Å². The van der Waals surface area contributed by atoms with Gasteiger partial charge in [-0.25, -0.2) is 4.79 Å².